The fourth-order valence-electron chi connectivity index (χ4n) is 4.56. The van der Waals surface area contributed by atoms with Crippen LogP contribution >= 0.6 is 0 Å². The van der Waals surface area contributed by atoms with Gasteiger partial charge >= 0.3 is 5.97 Å². The number of nitrogens with zero attached hydrogens (tertiary/aromatic N) is 1. The molecule has 1 aromatic rings. The van der Waals surface area contributed by atoms with Gasteiger partial charge in [-0.25, -0.2) is 0 Å². The number of hydrogen-bond acceptors (Lipinski definition) is 6. The summed E-state index contributed by atoms with van der Waals surface area (Å²) in [5.41, 5.74) is 0.582. The summed E-state index contributed by atoms with van der Waals surface area (Å²) >= 11 is 0. The van der Waals surface area contributed by atoms with Crippen LogP contribution in [0.5, 0.6) is 5.75 Å². The molecule has 2 aliphatic rings. The van der Waals surface area contributed by atoms with Crippen LogP contribution in [0.4, 0.5) is 5.69 Å². The van der Waals surface area contributed by atoms with Gasteiger partial charge in [0, 0.05) is 24.8 Å². The first kappa shape index (κ1) is 22.8. The third-order valence-corrected chi connectivity index (χ3v) is 6.02. The lowest BCUT2D eigenvalue weighted by Gasteiger charge is -2.32. The first-order chi connectivity index (χ1) is 14.9. The fraction of sp³-hybridized carbons (Fsp3) is 0.522. The van der Waals surface area contributed by atoms with Crippen LogP contribution in [-0.4, -0.2) is 60.7 Å². The van der Waals surface area contributed by atoms with Gasteiger partial charge in [-0.05, 0) is 43.5 Å². The predicted octanol–water partition coefficient (Wildman–Crippen LogP) is 1.84. The molecule has 31 heavy (non-hydrogen) atoms. The lowest BCUT2D eigenvalue weighted by molar-refractivity contribution is -0.155. The lowest BCUT2D eigenvalue weighted by Crippen LogP contribution is -2.44. The van der Waals surface area contributed by atoms with Gasteiger partial charge < -0.3 is 24.8 Å². The van der Waals surface area contributed by atoms with Crippen LogP contribution in [0, 0.1) is 23.7 Å². The number of aliphatic hydroxyl groups is 1. The number of aliphatic hydroxyl groups excluding tert-OH is 1. The van der Waals surface area contributed by atoms with Crippen molar-refractivity contribution in [2.24, 2.45) is 23.7 Å². The zero-order valence-electron chi connectivity index (χ0n) is 18.1. The molecule has 8 heteroatoms. The van der Waals surface area contributed by atoms with Crippen molar-refractivity contribution < 1.29 is 29.0 Å². The number of rotatable bonds is 8. The molecule has 0 radical (unpaired) electrons. The number of amides is 2. The maximum Gasteiger partial charge on any atom is 0.310 e. The van der Waals surface area contributed by atoms with E-state index in [0.29, 0.717) is 17.9 Å². The van der Waals surface area contributed by atoms with Crippen LogP contribution in [0.15, 0.2) is 36.4 Å². The Morgan fingerprint density at radius 3 is 2.52 bits per heavy atom. The normalized spacial score (nSPS) is 27.0. The summed E-state index contributed by atoms with van der Waals surface area (Å²) in [5.74, 6) is -2.25. The first-order valence-electron chi connectivity index (χ1n) is 10.6. The van der Waals surface area contributed by atoms with Crippen LogP contribution in [0.2, 0.25) is 0 Å². The zero-order valence-corrected chi connectivity index (χ0v) is 18.1. The van der Waals surface area contributed by atoms with Gasteiger partial charge in [-0.1, -0.05) is 19.1 Å². The highest BCUT2D eigenvalue weighted by atomic mass is 16.5. The Balaban J connectivity index is 1.90. The monoisotopic (exact) mass is 430 g/mol. The van der Waals surface area contributed by atoms with Crippen LogP contribution in [0.25, 0.3) is 0 Å². The van der Waals surface area contributed by atoms with Crippen molar-refractivity contribution >= 4 is 23.5 Å². The standard InChI is InChI=1S/C23H30N2O6/c1-4-31-23(29)18-14(2)6-11-17-19(18)22(28)25(12-5-13-26)20(17)21(27)24-15-7-9-16(30-3)10-8-15/h6-11,14,17-20,26H,4-5,12-13H2,1-3H3,(H,24,27)/t14-,17+,18-,19+,20+/m1/s1. The van der Waals surface area contributed by atoms with Crippen molar-refractivity contribution in [2.75, 3.05) is 32.2 Å². The second-order valence-electron chi connectivity index (χ2n) is 7.90. The SMILES string of the molecule is CCOC(=O)[C@H]1[C@H]2C(=O)N(CCCO)[C@H](C(=O)Nc3ccc(OC)cc3)[C@H]2C=C[C@H]1C. The molecule has 0 aromatic heterocycles. The summed E-state index contributed by atoms with van der Waals surface area (Å²) in [6.45, 7) is 3.98. The third kappa shape index (κ3) is 4.58. The number of anilines is 1. The number of nitrogens with one attached hydrogen (secondary N) is 1. The molecule has 168 valence electrons. The predicted molar refractivity (Wildman–Crippen MR) is 114 cm³/mol. The van der Waals surface area contributed by atoms with Crippen LogP contribution < -0.4 is 10.1 Å². The van der Waals surface area contributed by atoms with Gasteiger partial charge in [-0.15, -0.1) is 0 Å². The summed E-state index contributed by atoms with van der Waals surface area (Å²) < 4.78 is 10.4. The maximum absolute atomic E-state index is 13.4. The molecule has 1 heterocycles. The minimum atomic E-state index is -0.771. The van der Waals surface area contributed by atoms with E-state index in [0.717, 1.165) is 0 Å². The number of fused-ring (bicyclic) bond motifs is 1. The Bertz CT molecular complexity index is 837. The average Bonchev–Trinajstić information content (AvgIpc) is 3.04. The molecular weight excluding hydrogens is 400 g/mol. The number of hydrogen-bond donors (Lipinski definition) is 2. The topological polar surface area (TPSA) is 105 Å². The van der Waals surface area contributed by atoms with Gasteiger partial charge in [0.2, 0.25) is 11.8 Å². The molecule has 1 aromatic carbocycles. The molecule has 0 saturated carbocycles. The maximum atomic E-state index is 13.4. The average molecular weight is 431 g/mol. The number of benzene rings is 1. The van der Waals surface area contributed by atoms with Crippen LogP contribution in [-0.2, 0) is 19.1 Å². The van der Waals surface area contributed by atoms with Crippen molar-refractivity contribution in [1.29, 1.82) is 0 Å². The van der Waals surface area contributed by atoms with Gasteiger partial charge in [-0.3, -0.25) is 14.4 Å². The molecule has 8 nitrogen and oxygen atoms in total. The molecule has 0 bridgehead atoms. The van der Waals surface area contributed by atoms with E-state index in [1.807, 2.05) is 19.1 Å². The Morgan fingerprint density at radius 1 is 1.19 bits per heavy atom. The number of ether oxygens (including phenoxy) is 2. The molecule has 2 N–H and O–H groups in total. The Kier molecular flexibility index (Phi) is 7.33. The van der Waals surface area contributed by atoms with Crippen LogP contribution in [0.3, 0.4) is 0 Å². The van der Waals surface area contributed by atoms with Gasteiger partial charge in [0.25, 0.3) is 0 Å². The highest BCUT2D eigenvalue weighted by Crippen LogP contribution is 2.44. The molecular formula is C23H30N2O6. The van der Waals surface area contributed by atoms with E-state index < -0.39 is 29.8 Å². The zero-order chi connectivity index (χ0) is 22.5. The van der Waals surface area contributed by atoms with Gasteiger partial charge in [-0.2, -0.15) is 0 Å². The molecule has 3 rings (SSSR count). The summed E-state index contributed by atoms with van der Waals surface area (Å²) in [7, 11) is 1.56. The van der Waals surface area contributed by atoms with Crippen molar-refractivity contribution in [2.45, 2.75) is 26.3 Å². The number of likely N-dealkylation sites (tertiary alicyclic amines) is 1. The van der Waals surface area contributed by atoms with E-state index in [9.17, 15) is 19.5 Å². The summed E-state index contributed by atoms with van der Waals surface area (Å²) in [5, 5.41) is 12.2. The van der Waals surface area contributed by atoms with E-state index >= 15 is 0 Å². The van der Waals surface area contributed by atoms with Crippen molar-refractivity contribution in [3.8, 4) is 5.75 Å². The number of carbonyl (C=O) groups excluding carboxylic acids is 3. The molecule has 5 atom stereocenters. The van der Waals surface area contributed by atoms with E-state index in [1.165, 1.54) is 4.90 Å². The van der Waals surface area contributed by atoms with Crippen molar-refractivity contribution in [3.63, 3.8) is 0 Å². The molecule has 2 amide bonds. The van der Waals surface area contributed by atoms with E-state index in [4.69, 9.17) is 9.47 Å². The van der Waals surface area contributed by atoms with Gasteiger partial charge in [0.1, 0.15) is 11.8 Å². The van der Waals surface area contributed by atoms with Crippen molar-refractivity contribution in [3.05, 3.63) is 36.4 Å². The largest absolute Gasteiger partial charge is 0.497 e. The first-order valence-corrected chi connectivity index (χ1v) is 10.6. The van der Waals surface area contributed by atoms with Gasteiger partial charge in [0.05, 0.1) is 25.6 Å². The molecule has 1 fully saturated rings. The number of methoxy groups -OCH3 is 1. The number of allylic oxidation sites excluding steroid dienone is 1. The molecule has 1 saturated heterocycles. The number of carbonyl (C=O) groups is 3. The van der Waals surface area contributed by atoms with Crippen LogP contribution in [0.1, 0.15) is 20.3 Å². The highest BCUT2D eigenvalue weighted by Gasteiger charge is 2.56. The second-order valence-corrected chi connectivity index (χ2v) is 7.90. The quantitative estimate of drug-likeness (QED) is 0.482. The van der Waals surface area contributed by atoms with E-state index in [2.05, 4.69) is 5.32 Å². The molecule has 1 aliphatic heterocycles. The van der Waals surface area contributed by atoms with E-state index in [1.54, 1.807) is 38.3 Å². The lowest BCUT2D eigenvalue weighted by atomic mass is 9.70. The summed E-state index contributed by atoms with van der Waals surface area (Å²) in [4.78, 5) is 40.8. The molecule has 0 unspecified atom stereocenters. The Labute approximate surface area is 182 Å². The van der Waals surface area contributed by atoms with Crippen molar-refractivity contribution in [1.82, 2.24) is 4.90 Å². The fourth-order valence-corrected chi connectivity index (χ4v) is 4.56. The summed E-state index contributed by atoms with van der Waals surface area (Å²) in [6, 6.07) is 6.15. The van der Waals surface area contributed by atoms with E-state index in [-0.39, 0.29) is 37.5 Å². The minimum absolute atomic E-state index is 0.0977. The van der Waals surface area contributed by atoms with Gasteiger partial charge in [0.15, 0.2) is 0 Å². The molecule has 0 spiro atoms. The highest BCUT2D eigenvalue weighted by molar-refractivity contribution is 6.01. The smallest absolute Gasteiger partial charge is 0.310 e. The third-order valence-electron chi connectivity index (χ3n) is 6.02. The second kappa shape index (κ2) is 9.96. The summed E-state index contributed by atoms with van der Waals surface area (Å²) in [6.07, 6.45) is 4.11. The number of esters is 1. The Morgan fingerprint density at radius 2 is 1.90 bits per heavy atom. The minimum Gasteiger partial charge on any atom is -0.497 e. The Hall–Kier alpha value is -2.87. The molecule has 1 aliphatic carbocycles.